The van der Waals surface area contributed by atoms with E-state index in [9.17, 15) is 4.79 Å². The molecule has 0 N–H and O–H groups in total. The molecule has 0 saturated heterocycles. The number of carbonyl (C=O) groups is 1. The van der Waals surface area contributed by atoms with E-state index in [1.165, 1.54) is 0 Å². The van der Waals surface area contributed by atoms with Crippen molar-refractivity contribution in [2.45, 2.75) is 27.2 Å². The number of amides is 1. The van der Waals surface area contributed by atoms with Crippen LogP contribution in [0.5, 0.6) is 0 Å². The van der Waals surface area contributed by atoms with E-state index >= 15 is 0 Å². The largest absolute Gasteiger partial charge is 0.349 e. The molecule has 0 heterocycles. The maximum atomic E-state index is 11.3. The number of hydrogen-bond donors (Lipinski definition) is 0. The Morgan fingerprint density at radius 1 is 1.27 bits per heavy atom. The molecule has 1 unspecified atom stereocenters. The molecule has 0 rings (SSSR count). The summed E-state index contributed by atoms with van der Waals surface area (Å²) in [5.74, 6) is 1.01. The molecule has 0 aliphatic rings. The number of hydrogen-bond acceptors (Lipinski definition) is 1. The second-order valence-electron chi connectivity index (χ2n) is 3.76. The Bertz CT molecular complexity index is 130. The second kappa shape index (κ2) is 4.37. The second-order valence-corrected chi connectivity index (χ2v) is 3.76. The van der Waals surface area contributed by atoms with Crippen LogP contribution in [0.25, 0.3) is 0 Å². The van der Waals surface area contributed by atoms with Gasteiger partial charge in [-0.25, -0.2) is 0 Å². The maximum Gasteiger partial charge on any atom is 0.224 e. The van der Waals surface area contributed by atoms with Crippen molar-refractivity contribution in [1.29, 1.82) is 0 Å². The fourth-order valence-electron chi connectivity index (χ4n) is 1.25. The Kier molecular flexibility index (Phi) is 4.16. The third-order valence-corrected chi connectivity index (χ3v) is 1.69. The van der Waals surface area contributed by atoms with Crippen molar-refractivity contribution in [2.75, 3.05) is 14.1 Å². The average Bonchev–Trinajstić information content (AvgIpc) is 1.84. The molecular formula is C9H19NO. The summed E-state index contributed by atoms with van der Waals surface area (Å²) in [6.07, 6.45) is 0.983. The van der Waals surface area contributed by atoms with Gasteiger partial charge in [-0.3, -0.25) is 4.79 Å². The molecule has 0 radical (unpaired) electrons. The average molecular weight is 157 g/mol. The first kappa shape index (κ1) is 10.5. The highest BCUT2D eigenvalue weighted by atomic mass is 16.2. The van der Waals surface area contributed by atoms with Gasteiger partial charge in [-0.2, -0.15) is 0 Å². The fraction of sp³-hybridized carbons (Fsp3) is 0.889. The van der Waals surface area contributed by atoms with Crippen LogP contribution in [0.3, 0.4) is 0 Å². The van der Waals surface area contributed by atoms with Gasteiger partial charge in [0.2, 0.25) is 5.91 Å². The van der Waals surface area contributed by atoms with Crippen molar-refractivity contribution >= 4 is 5.91 Å². The number of rotatable bonds is 3. The molecule has 0 saturated carbocycles. The Hall–Kier alpha value is -0.530. The molecule has 0 bridgehead atoms. The van der Waals surface area contributed by atoms with Gasteiger partial charge in [0.1, 0.15) is 0 Å². The predicted octanol–water partition coefficient (Wildman–Crippen LogP) is 1.76. The van der Waals surface area contributed by atoms with Crippen LogP contribution < -0.4 is 0 Å². The van der Waals surface area contributed by atoms with Crippen LogP contribution in [0.1, 0.15) is 27.2 Å². The summed E-state index contributed by atoms with van der Waals surface area (Å²) in [5.41, 5.74) is 0. The lowest BCUT2D eigenvalue weighted by Crippen LogP contribution is -2.28. The van der Waals surface area contributed by atoms with E-state index in [2.05, 4.69) is 13.8 Å². The van der Waals surface area contributed by atoms with E-state index in [-0.39, 0.29) is 11.8 Å². The minimum atomic E-state index is 0.171. The van der Waals surface area contributed by atoms with Crippen LogP contribution in [-0.4, -0.2) is 24.9 Å². The molecule has 11 heavy (non-hydrogen) atoms. The van der Waals surface area contributed by atoms with Crippen LogP contribution in [-0.2, 0) is 4.79 Å². The smallest absolute Gasteiger partial charge is 0.224 e. The monoisotopic (exact) mass is 157 g/mol. The molecular weight excluding hydrogens is 138 g/mol. The molecule has 1 amide bonds. The van der Waals surface area contributed by atoms with Crippen molar-refractivity contribution in [3.05, 3.63) is 0 Å². The van der Waals surface area contributed by atoms with Crippen LogP contribution in [0.15, 0.2) is 0 Å². The third kappa shape index (κ3) is 4.02. The van der Waals surface area contributed by atoms with Gasteiger partial charge in [0.15, 0.2) is 0 Å². The molecule has 0 spiro atoms. The topological polar surface area (TPSA) is 20.3 Å². The zero-order chi connectivity index (χ0) is 9.02. The first-order valence-corrected chi connectivity index (χ1v) is 4.16. The van der Waals surface area contributed by atoms with Gasteiger partial charge in [0.05, 0.1) is 0 Å². The maximum absolute atomic E-state index is 11.3. The highest BCUT2D eigenvalue weighted by Crippen LogP contribution is 2.12. The molecule has 1 atom stereocenters. The van der Waals surface area contributed by atoms with E-state index < -0.39 is 0 Å². The molecule has 0 aliphatic carbocycles. The van der Waals surface area contributed by atoms with Crippen LogP contribution >= 0.6 is 0 Å². The van der Waals surface area contributed by atoms with Crippen molar-refractivity contribution in [2.24, 2.45) is 11.8 Å². The summed E-state index contributed by atoms with van der Waals surface area (Å²) >= 11 is 0. The molecule has 0 aromatic heterocycles. The van der Waals surface area contributed by atoms with Gasteiger partial charge in [-0.05, 0) is 12.3 Å². The quantitative estimate of drug-likeness (QED) is 0.611. The van der Waals surface area contributed by atoms with E-state index in [1.54, 1.807) is 19.0 Å². The Morgan fingerprint density at radius 2 is 1.73 bits per heavy atom. The van der Waals surface area contributed by atoms with E-state index in [4.69, 9.17) is 0 Å². The summed E-state index contributed by atoms with van der Waals surface area (Å²) in [5, 5.41) is 0. The zero-order valence-corrected chi connectivity index (χ0v) is 8.22. The number of nitrogens with zero attached hydrogens (tertiary/aromatic N) is 1. The molecule has 0 fully saturated rings. The predicted molar refractivity (Wildman–Crippen MR) is 47.3 cm³/mol. The molecule has 0 aromatic rings. The first-order chi connectivity index (χ1) is 4.95. The third-order valence-electron chi connectivity index (χ3n) is 1.69. The lowest BCUT2D eigenvalue weighted by Gasteiger charge is -2.17. The van der Waals surface area contributed by atoms with Gasteiger partial charge >= 0.3 is 0 Å². The SMILES string of the molecule is CC(C)CC(C)C(=O)N(C)C. The van der Waals surface area contributed by atoms with Gasteiger partial charge in [0, 0.05) is 20.0 Å². The Morgan fingerprint density at radius 3 is 2.00 bits per heavy atom. The van der Waals surface area contributed by atoms with Gasteiger partial charge in [0.25, 0.3) is 0 Å². The van der Waals surface area contributed by atoms with Gasteiger partial charge in [-0.15, -0.1) is 0 Å². The first-order valence-electron chi connectivity index (χ1n) is 4.16. The van der Waals surface area contributed by atoms with Crippen molar-refractivity contribution < 1.29 is 4.79 Å². The summed E-state index contributed by atoms with van der Waals surface area (Å²) in [4.78, 5) is 13.0. The molecule has 2 heteroatoms. The highest BCUT2D eigenvalue weighted by Gasteiger charge is 2.15. The summed E-state index contributed by atoms with van der Waals surface area (Å²) < 4.78 is 0. The van der Waals surface area contributed by atoms with E-state index in [0.29, 0.717) is 5.92 Å². The minimum Gasteiger partial charge on any atom is -0.349 e. The Balaban J connectivity index is 3.83. The van der Waals surface area contributed by atoms with Crippen molar-refractivity contribution in [3.63, 3.8) is 0 Å². The van der Waals surface area contributed by atoms with E-state index in [0.717, 1.165) is 6.42 Å². The summed E-state index contributed by atoms with van der Waals surface area (Å²) in [7, 11) is 3.61. The van der Waals surface area contributed by atoms with Crippen molar-refractivity contribution in [3.8, 4) is 0 Å². The summed E-state index contributed by atoms with van der Waals surface area (Å²) in [6.45, 7) is 6.27. The fourth-order valence-corrected chi connectivity index (χ4v) is 1.25. The zero-order valence-electron chi connectivity index (χ0n) is 8.22. The molecule has 0 aromatic carbocycles. The summed E-state index contributed by atoms with van der Waals surface area (Å²) in [6, 6.07) is 0. The van der Waals surface area contributed by atoms with Gasteiger partial charge < -0.3 is 4.90 Å². The van der Waals surface area contributed by atoms with Crippen LogP contribution in [0, 0.1) is 11.8 Å². The van der Waals surface area contributed by atoms with Crippen LogP contribution in [0.4, 0.5) is 0 Å². The number of carbonyl (C=O) groups excluding carboxylic acids is 1. The standard InChI is InChI=1S/C9H19NO/c1-7(2)6-8(3)9(11)10(4)5/h7-8H,6H2,1-5H3. The molecule has 0 aliphatic heterocycles. The van der Waals surface area contributed by atoms with Gasteiger partial charge in [-0.1, -0.05) is 20.8 Å². The molecule has 66 valence electrons. The Labute approximate surface area is 69.6 Å². The normalized spacial score (nSPS) is 13.3. The van der Waals surface area contributed by atoms with E-state index in [1.807, 2.05) is 6.92 Å². The lowest BCUT2D eigenvalue weighted by molar-refractivity contribution is -0.132. The minimum absolute atomic E-state index is 0.171. The highest BCUT2D eigenvalue weighted by molar-refractivity contribution is 5.77. The van der Waals surface area contributed by atoms with Crippen molar-refractivity contribution in [1.82, 2.24) is 4.90 Å². The lowest BCUT2D eigenvalue weighted by atomic mass is 9.98. The van der Waals surface area contributed by atoms with Crippen LogP contribution in [0.2, 0.25) is 0 Å². The molecule has 2 nitrogen and oxygen atoms in total.